The van der Waals surface area contributed by atoms with Gasteiger partial charge in [-0.25, -0.2) is 0 Å². The maximum absolute atomic E-state index is 12.7. The third-order valence-corrected chi connectivity index (χ3v) is 4.46. The number of ether oxygens (including phenoxy) is 2. The highest BCUT2D eigenvalue weighted by Gasteiger charge is 2.28. The van der Waals surface area contributed by atoms with E-state index in [-0.39, 0.29) is 24.3 Å². The number of carbonyl (C=O) groups excluding carboxylic acids is 2. The molecule has 0 spiro atoms. The quantitative estimate of drug-likeness (QED) is 0.909. The molecule has 0 radical (unpaired) electrons. The molecule has 2 aliphatic rings. The van der Waals surface area contributed by atoms with E-state index in [2.05, 4.69) is 0 Å². The van der Waals surface area contributed by atoms with Gasteiger partial charge in [0.2, 0.25) is 5.91 Å². The topological polar surface area (TPSA) is 81.9 Å². The Labute approximate surface area is 141 Å². The van der Waals surface area contributed by atoms with Crippen molar-refractivity contribution in [2.45, 2.75) is 19.8 Å². The number of piperidine rings is 1. The Balaban J connectivity index is 1.72. The number of hydrogen-bond acceptors (Lipinski definition) is 4. The van der Waals surface area contributed by atoms with Crippen molar-refractivity contribution in [1.29, 1.82) is 0 Å². The number of nitrogens with two attached hydrogens (primary N) is 1. The first kappa shape index (κ1) is 16.4. The lowest BCUT2D eigenvalue weighted by Gasteiger charge is -2.32. The van der Waals surface area contributed by atoms with Crippen molar-refractivity contribution >= 4 is 17.9 Å². The third-order valence-electron chi connectivity index (χ3n) is 4.46. The maximum atomic E-state index is 12.7. The number of likely N-dealkylation sites (tertiary alicyclic amines) is 1. The van der Waals surface area contributed by atoms with Gasteiger partial charge in [-0.05, 0) is 44.0 Å². The van der Waals surface area contributed by atoms with E-state index in [1.54, 1.807) is 4.90 Å². The molecular weight excluding hydrogens is 308 g/mol. The summed E-state index contributed by atoms with van der Waals surface area (Å²) in [5.74, 6) is 1.07. The third kappa shape index (κ3) is 3.37. The van der Waals surface area contributed by atoms with Gasteiger partial charge in [0.05, 0.1) is 12.2 Å². The molecule has 0 aliphatic carbocycles. The molecule has 24 heavy (non-hydrogen) atoms. The van der Waals surface area contributed by atoms with E-state index in [1.165, 1.54) is 0 Å². The summed E-state index contributed by atoms with van der Waals surface area (Å²) in [6.07, 6.45) is 3.12. The number of fused-ring (bicyclic) bond motifs is 1. The summed E-state index contributed by atoms with van der Waals surface area (Å²) in [6.45, 7) is 3.88. The second kappa shape index (κ2) is 6.95. The highest BCUT2D eigenvalue weighted by atomic mass is 16.5. The fourth-order valence-corrected chi connectivity index (χ4v) is 3.11. The van der Waals surface area contributed by atoms with Gasteiger partial charge in [-0.2, -0.15) is 0 Å². The summed E-state index contributed by atoms with van der Waals surface area (Å²) >= 11 is 0. The first-order chi connectivity index (χ1) is 11.6. The average molecular weight is 330 g/mol. The van der Waals surface area contributed by atoms with Gasteiger partial charge < -0.3 is 20.1 Å². The van der Waals surface area contributed by atoms with E-state index in [4.69, 9.17) is 15.2 Å². The lowest BCUT2D eigenvalue weighted by Crippen LogP contribution is -2.43. The molecule has 0 unspecified atom stereocenters. The van der Waals surface area contributed by atoms with Crippen LogP contribution in [-0.2, 0) is 9.59 Å². The van der Waals surface area contributed by atoms with Crippen LogP contribution in [-0.4, -0.2) is 43.0 Å². The van der Waals surface area contributed by atoms with Crippen LogP contribution in [0.5, 0.6) is 11.5 Å². The van der Waals surface area contributed by atoms with Crippen molar-refractivity contribution < 1.29 is 19.1 Å². The smallest absolute Gasteiger partial charge is 0.253 e. The molecule has 6 nitrogen and oxygen atoms in total. The second-order valence-corrected chi connectivity index (χ2v) is 6.06. The Morgan fingerprint density at radius 1 is 1.33 bits per heavy atom. The number of nitrogens with zero attached hydrogens (tertiary/aromatic N) is 1. The zero-order chi connectivity index (χ0) is 17.1. The molecular formula is C18H22N2O4. The molecule has 2 aliphatic heterocycles. The van der Waals surface area contributed by atoms with Crippen molar-refractivity contribution in [1.82, 2.24) is 4.90 Å². The van der Waals surface area contributed by atoms with Gasteiger partial charge in [0.1, 0.15) is 18.1 Å². The molecule has 3 rings (SSSR count). The van der Waals surface area contributed by atoms with Gasteiger partial charge in [0.25, 0.3) is 5.91 Å². The number of carbonyl (C=O) groups is 2. The van der Waals surface area contributed by atoms with Crippen LogP contribution < -0.4 is 15.2 Å². The largest absolute Gasteiger partial charge is 0.494 e. The highest BCUT2D eigenvalue weighted by molar-refractivity contribution is 5.99. The van der Waals surface area contributed by atoms with Crippen LogP contribution >= 0.6 is 0 Å². The van der Waals surface area contributed by atoms with Crippen LogP contribution in [0.25, 0.3) is 6.08 Å². The fraction of sp³-hybridized carbons (Fsp3) is 0.444. The summed E-state index contributed by atoms with van der Waals surface area (Å²) in [7, 11) is 0. The van der Waals surface area contributed by atoms with Gasteiger partial charge in [0.15, 0.2) is 0 Å². The first-order valence-corrected chi connectivity index (χ1v) is 8.27. The highest BCUT2D eigenvalue weighted by Crippen LogP contribution is 2.31. The van der Waals surface area contributed by atoms with Gasteiger partial charge in [0, 0.05) is 24.6 Å². The van der Waals surface area contributed by atoms with E-state index in [0.29, 0.717) is 38.1 Å². The normalized spacial score (nSPS) is 17.5. The molecule has 2 N–H and O–H groups in total. The molecule has 0 aromatic heterocycles. The van der Waals surface area contributed by atoms with E-state index < -0.39 is 0 Å². The maximum Gasteiger partial charge on any atom is 0.253 e. The van der Waals surface area contributed by atoms with Crippen molar-refractivity contribution in [2.75, 3.05) is 26.3 Å². The molecule has 128 valence electrons. The SMILES string of the molecule is CCOc1ccc2c(c1)C=C(C(=O)N1CCC(C(N)=O)CC1)CO2. The first-order valence-electron chi connectivity index (χ1n) is 8.27. The number of hydrogen-bond donors (Lipinski definition) is 1. The zero-order valence-corrected chi connectivity index (χ0v) is 13.8. The number of primary amides is 1. The molecule has 0 bridgehead atoms. The van der Waals surface area contributed by atoms with E-state index in [0.717, 1.165) is 17.1 Å². The molecule has 1 fully saturated rings. The standard InChI is InChI=1S/C18H22N2O4/c1-2-23-15-3-4-16-13(10-15)9-14(11-24-16)18(22)20-7-5-12(6-8-20)17(19)21/h3-4,9-10,12H,2,5-8,11H2,1H3,(H2,19,21). The van der Waals surface area contributed by atoms with Crippen LogP contribution in [0.3, 0.4) is 0 Å². The van der Waals surface area contributed by atoms with Crippen LogP contribution in [0.4, 0.5) is 0 Å². The molecule has 6 heteroatoms. The van der Waals surface area contributed by atoms with Crippen molar-refractivity contribution in [3.05, 3.63) is 29.3 Å². The lowest BCUT2D eigenvalue weighted by atomic mass is 9.95. The summed E-state index contributed by atoms with van der Waals surface area (Å²) in [5.41, 5.74) is 6.81. The second-order valence-electron chi connectivity index (χ2n) is 6.06. The Kier molecular flexibility index (Phi) is 4.74. The van der Waals surface area contributed by atoms with E-state index in [1.807, 2.05) is 31.2 Å². The average Bonchev–Trinajstić information content (AvgIpc) is 2.61. The molecule has 0 atom stereocenters. The Morgan fingerprint density at radius 2 is 2.08 bits per heavy atom. The molecule has 1 saturated heterocycles. The van der Waals surface area contributed by atoms with Crippen LogP contribution in [0.2, 0.25) is 0 Å². The van der Waals surface area contributed by atoms with Crippen molar-refractivity contribution in [3.63, 3.8) is 0 Å². The van der Waals surface area contributed by atoms with Gasteiger partial charge in [-0.1, -0.05) is 0 Å². The summed E-state index contributed by atoms with van der Waals surface area (Å²) in [4.78, 5) is 25.7. The van der Waals surface area contributed by atoms with E-state index in [9.17, 15) is 9.59 Å². The van der Waals surface area contributed by atoms with Gasteiger partial charge >= 0.3 is 0 Å². The zero-order valence-electron chi connectivity index (χ0n) is 13.8. The van der Waals surface area contributed by atoms with Gasteiger partial charge in [-0.3, -0.25) is 9.59 Å². The van der Waals surface area contributed by atoms with Crippen molar-refractivity contribution in [3.8, 4) is 11.5 Å². The van der Waals surface area contributed by atoms with Crippen LogP contribution in [0, 0.1) is 5.92 Å². The Bertz CT molecular complexity index is 676. The minimum atomic E-state index is -0.278. The number of amides is 2. The molecule has 1 aromatic rings. The Morgan fingerprint density at radius 3 is 2.75 bits per heavy atom. The fourth-order valence-electron chi connectivity index (χ4n) is 3.11. The van der Waals surface area contributed by atoms with Crippen LogP contribution in [0.1, 0.15) is 25.3 Å². The minimum Gasteiger partial charge on any atom is -0.494 e. The Hall–Kier alpha value is -2.50. The summed E-state index contributed by atoms with van der Waals surface area (Å²) < 4.78 is 11.2. The predicted octanol–water partition coefficient (Wildman–Crippen LogP) is 1.58. The number of benzene rings is 1. The molecule has 1 aromatic carbocycles. The van der Waals surface area contributed by atoms with Crippen molar-refractivity contribution in [2.24, 2.45) is 11.7 Å². The molecule has 2 heterocycles. The lowest BCUT2D eigenvalue weighted by molar-refractivity contribution is -0.131. The summed E-state index contributed by atoms with van der Waals surface area (Å²) in [5, 5.41) is 0. The predicted molar refractivity (Wildman–Crippen MR) is 89.6 cm³/mol. The number of rotatable bonds is 4. The van der Waals surface area contributed by atoms with Crippen LogP contribution in [0.15, 0.2) is 23.8 Å². The monoisotopic (exact) mass is 330 g/mol. The van der Waals surface area contributed by atoms with E-state index >= 15 is 0 Å². The van der Waals surface area contributed by atoms with Gasteiger partial charge in [-0.15, -0.1) is 0 Å². The molecule has 0 saturated carbocycles. The molecule has 2 amide bonds. The summed E-state index contributed by atoms with van der Waals surface area (Å²) in [6, 6.07) is 5.60. The minimum absolute atomic E-state index is 0.0367.